The number of rotatable bonds is 8. The summed E-state index contributed by atoms with van der Waals surface area (Å²) >= 11 is 0. The van der Waals surface area contributed by atoms with E-state index in [2.05, 4.69) is 43.2 Å². The van der Waals surface area contributed by atoms with Crippen LogP contribution in [0.15, 0.2) is 4.52 Å². The first-order valence-electron chi connectivity index (χ1n) is 7.67. The summed E-state index contributed by atoms with van der Waals surface area (Å²) in [5.41, 5.74) is 0. The molecular weight excluding hydrogens is 238 g/mol. The predicted octanol–water partition coefficient (Wildman–Crippen LogP) is 3.15. The Morgan fingerprint density at radius 1 is 1.32 bits per heavy atom. The van der Waals surface area contributed by atoms with Crippen LogP contribution in [0.4, 0.5) is 0 Å². The number of hydrogen-bond donors (Lipinski definition) is 1. The Hall–Kier alpha value is -0.900. The van der Waals surface area contributed by atoms with Gasteiger partial charge < -0.3 is 9.84 Å². The van der Waals surface area contributed by atoms with Crippen molar-refractivity contribution in [2.45, 2.75) is 65.3 Å². The van der Waals surface area contributed by atoms with Gasteiger partial charge >= 0.3 is 0 Å². The van der Waals surface area contributed by atoms with E-state index in [0.717, 1.165) is 37.0 Å². The molecule has 4 nitrogen and oxygen atoms in total. The van der Waals surface area contributed by atoms with Gasteiger partial charge in [-0.15, -0.1) is 0 Å². The fourth-order valence-corrected chi connectivity index (χ4v) is 2.64. The van der Waals surface area contributed by atoms with Crippen molar-refractivity contribution in [2.75, 3.05) is 6.54 Å². The summed E-state index contributed by atoms with van der Waals surface area (Å²) in [6, 6.07) is 0.370. The van der Waals surface area contributed by atoms with E-state index in [4.69, 9.17) is 4.52 Å². The van der Waals surface area contributed by atoms with Crippen LogP contribution >= 0.6 is 0 Å². The lowest BCUT2D eigenvalue weighted by Crippen LogP contribution is -2.35. The molecule has 0 aromatic carbocycles. The molecule has 1 heterocycles. The Morgan fingerprint density at radius 2 is 2.05 bits per heavy atom. The molecule has 2 unspecified atom stereocenters. The number of nitrogens with one attached hydrogen (secondary N) is 1. The van der Waals surface area contributed by atoms with Crippen molar-refractivity contribution in [3.05, 3.63) is 11.7 Å². The second-order valence-electron chi connectivity index (χ2n) is 6.21. The second kappa shape index (κ2) is 6.51. The van der Waals surface area contributed by atoms with Crippen LogP contribution in [-0.4, -0.2) is 22.7 Å². The van der Waals surface area contributed by atoms with Crippen molar-refractivity contribution >= 4 is 0 Å². The molecule has 0 amide bonds. The van der Waals surface area contributed by atoms with Crippen molar-refractivity contribution in [1.82, 2.24) is 15.5 Å². The van der Waals surface area contributed by atoms with E-state index >= 15 is 0 Å². The van der Waals surface area contributed by atoms with Gasteiger partial charge in [-0.3, -0.25) is 0 Å². The highest BCUT2D eigenvalue weighted by Crippen LogP contribution is 2.33. The largest absolute Gasteiger partial charge is 0.339 e. The topological polar surface area (TPSA) is 51.0 Å². The monoisotopic (exact) mass is 265 g/mol. The molecule has 0 spiro atoms. The molecule has 1 N–H and O–H groups in total. The highest BCUT2D eigenvalue weighted by Gasteiger charge is 2.29. The lowest BCUT2D eigenvalue weighted by Gasteiger charge is -2.24. The van der Waals surface area contributed by atoms with E-state index < -0.39 is 0 Å². The summed E-state index contributed by atoms with van der Waals surface area (Å²) in [4.78, 5) is 4.62. The zero-order valence-electron chi connectivity index (χ0n) is 12.6. The summed E-state index contributed by atoms with van der Waals surface area (Å²) in [6.45, 7) is 9.88. The minimum Gasteiger partial charge on any atom is -0.339 e. The second-order valence-corrected chi connectivity index (χ2v) is 6.21. The lowest BCUT2D eigenvalue weighted by molar-refractivity contribution is 0.279. The molecule has 108 valence electrons. The summed E-state index contributed by atoms with van der Waals surface area (Å²) in [5, 5.41) is 7.70. The molecule has 1 aromatic rings. The van der Waals surface area contributed by atoms with Crippen molar-refractivity contribution in [2.24, 2.45) is 11.8 Å². The predicted molar refractivity (Wildman–Crippen MR) is 76.1 cm³/mol. The maximum atomic E-state index is 5.52. The van der Waals surface area contributed by atoms with Crippen molar-refractivity contribution in [3.8, 4) is 0 Å². The van der Waals surface area contributed by atoms with Gasteiger partial charge in [-0.2, -0.15) is 4.98 Å². The first-order chi connectivity index (χ1) is 9.11. The third kappa shape index (κ3) is 4.03. The molecule has 0 saturated heterocycles. The molecule has 2 rings (SSSR count). The third-order valence-electron chi connectivity index (χ3n) is 3.91. The van der Waals surface area contributed by atoms with Crippen molar-refractivity contribution in [1.29, 1.82) is 0 Å². The van der Waals surface area contributed by atoms with Gasteiger partial charge in [-0.1, -0.05) is 25.9 Å². The fourth-order valence-electron chi connectivity index (χ4n) is 2.64. The molecule has 1 fully saturated rings. The number of nitrogens with zero attached hydrogens (tertiary/aromatic N) is 2. The van der Waals surface area contributed by atoms with Gasteiger partial charge in [0.05, 0.1) is 5.92 Å². The first kappa shape index (κ1) is 14.5. The molecular formula is C15H27N3O. The highest BCUT2D eigenvalue weighted by molar-refractivity contribution is 5.01. The molecule has 1 saturated carbocycles. The minimum absolute atomic E-state index is 0.298. The zero-order valence-corrected chi connectivity index (χ0v) is 12.6. The number of hydrogen-bond acceptors (Lipinski definition) is 4. The Bertz CT molecular complexity index is 384. The van der Waals surface area contributed by atoms with Gasteiger partial charge in [0.1, 0.15) is 0 Å². The quantitative estimate of drug-likeness (QED) is 0.784. The summed E-state index contributed by atoms with van der Waals surface area (Å²) in [7, 11) is 0. The summed E-state index contributed by atoms with van der Waals surface area (Å²) < 4.78 is 5.52. The normalized spacial score (nSPS) is 18.8. The zero-order chi connectivity index (χ0) is 13.8. The lowest BCUT2D eigenvalue weighted by atomic mass is 9.89. The van der Waals surface area contributed by atoms with E-state index in [9.17, 15) is 0 Å². The average Bonchev–Trinajstić information content (AvgIpc) is 3.05. The van der Waals surface area contributed by atoms with Gasteiger partial charge in [0, 0.05) is 12.5 Å². The average molecular weight is 265 g/mol. The minimum atomic E-state index is 0.298. The van der Waals surface area contributed by atoms with Crippen molar-refractivity contribution < 1.29 is 4.52 Å². The molecule has 0 bridgehead atoms. The van der Waals surface area contributed by atoms with Gasteiger partial charge in [0.25, 0.3) is 0 Å². The molecule has 1 aliphatic rings. The summed E-state index contributed by atoms with van der Waals surface area (Å²) in [5.74, 6) is 3.30. The Labute approximate surface area is 116 Å². The summed E-state index contributed by atoms with van der Waals surface area (Å²) in [6.07, 6.45) is 4.79. The van der Waals surface area contributed by atoms with Crippen LogP contribution in [0.5, 0.6) is 0 Å². The molecule has 19 heavy (non-hydrogen) atoms. The van der Waals surface area contributed by atoms with Crippen molar-refractivity contribution in [3.63, 3.8) is 0 Å². The van der Waals surface area contributed by atoms with Gasteiger partial charge in [-0.25, -0.2) is 0 Å². The van der Waals surface area contributed by atoms with Crippen LogP contribution in [0.3, 0.4) is 0 Å². The molecule has 1 aliphatic carbocycles. The van der Waals surface area contributed by atoms with E-state index in [1.165, 1.54) is 12.8 Å². The molecule has 1 aromatic heterocycles. The van der Waals surface area contributed by atoms with Gasteiger partial charge in [0.2, 0.25) is 5.89 Å². The Morgan fingerprint density at radius 3 is 2.63 bits per heavy atom. The molecule has 0 aliphatic heterocycles. The van der Waals surface area contributed by atoms with Crippen LogP contribution in [0.2, 0.25) is 0 Å². The van der Waals surface area contributed by atoms with Crippen LogP contribution in [0, 0.1) is 11.8 Å². The maximum absolute atomic E-state index is 5.52. The van der Waals surface area contributed by atoms with Crippen LogP contribution in [-0.2, 0) is 6.42 Å². The smallest absolute Gasteiger partial charge is 0.231 e. The number of aromatic nitrogens is 2. The van der Waals surface area contributed by atoms with E-state index in [1.807, 2.05) is 0 Å². The highest BCUT2D eigenvalue weighted by atomic mass is 16.5. The van der Waals surface area contributed by atoms with Gasteiger partial charge in [-0.05, 0) is 44.6 Å². The van der Waals surface area contributed by atoms with E-state index in [0.29, 0.717) is 17.9 Å². The fraction of sp³-hybridized carbons (Fsp3) is 0.867. The molecule has 4 heteroatoms. The molecule has 0 radical (unpaired) electrons. The Balaban J connectivity index is 2.02. The first-order valence-corrected chi connectivity index (χ1v) is 7.67. The SMILES string of the molecule is CCCNC(C)C(c1nc(CC2CC2)no1)C(C)C. The Kier molecular flexibility index (Phi) is 4.97. The van der Waals surface area contributed by atoms with Crippen LogP contribution in [0.25, 0.3) is 0 Å². The third-order valence-corrected chi connectivity index (χ3v) is 3.91. The van der Waals surface area contributed by atoms with Crippen LogP contribution < -0.4 is 5.32 Å². The maximum Gasteiger partial charge on any atom is 0.231 e. The van der Waals surface area contributed by atoms with Gasteiger partial charge in [0.15, 0.2) is 5.82 Å². The van der Waals surface area contributed by atoms with E-state index in [-0.39, 0.29) is 0 Å². The van der Waals surface area contributed by atoms with E-state index in [1.54, 1.807) is 0 Å². The molecule has 2 atom stereocenters. The standard InChI is InChI=1S/C15H27N3O/c1-5-8-16-11(4)14(10(2)3)15-17-13(18-19-15)9-12-6-7-12/h10-12,14,16H,5-9H2,1-4H3. The van der Waals surface area contributed by atoms with Crippen LogP contribution in [0.1, 0.15) is 64.6 Å².